The lowest BCUT2D eigenvalue weighted by Crippen LogP contribution is -2.62. The number of hydrogen-bond donors (Lipinski definition) is 16. The smallest absolute Gasteiger partial charge is 0.252 e. The summed E-state index contributed by atoms with van der Waals surface area (Å²) in [5, 5.41) is 34.1. The minimum Gasteiger partial charge on any atom is -0.368 e. The van der Waals surface area contributed by atoms with Crippen molar-refractivity contribution in [1.82, 2.24) is 68.7 Å². The van der Waals surface area contributed by atoms with Gasteiger partial charge >= 0.3 is 0 Å². The summed E-state index contributed by atoms with van der Waals surface area (Å²) >= 11 is 0. The van der Waals surface area contributed by atoms with E-state index in [4.69, 9.17) is 37.1 Å². The van der Waals surface area contributed by atoms with Gasteiger partial charge in [0, 0.05) is 19.5 Å². The van der Waals surface area contributed by atoms with Gasteiger partial charge in [0.1, 0.15) is 90.8 Å². The summed E-state index contributed by atoms with van der Waals surface area (Å²) in [4.78, 5) is 195. The van der Waals surface area contributed by atoms with Crippen LogP contribution in [-0.2, 0) is 96.2 Å². The molecule has 16 atom stereocenters. The average Bonchev–Trinajstić information content (AvgIpc) is 1.64. The molecule has 3 aliphatic heterocycles. The third-order valence-electron chi connectivity index (χ3n) is 21.4. The van der Waals surface area contributed by atoms with E-state index in [-0.39, 0.29) is 154 Å². The van der Waals surface area contributed by atoms with Gasteiger partial charge < -0.3 is 106 Å². The van der Waals surface area contributed by atoms with Gasteiger partial charge in [0.05, 0.1) is 13.2 Å². The van der Waals surface area contributed by atoms with Gasteiger partial charge in [-0.15, -0.1) is 0 Å². The van der Waals surface area contributed by atoms with Crippen molar-refractivity contribution >= 4 is 76.8 Å². The largest absolute Gasteiger partial charge is 0.368 e. The monoisotopic (exact) mass is 1680 g/mol. The molecular weight excluding hydrogens is 1540 g/mol. The van der Waals surface area contributed by atoms with Crippen LogP contribution in [0.4, 0.5) is 0 Å². The van der Waals surface area contributed by atoms with Gasteiger partial charge in [-0.3, -0.25) is 62.3 Å². The molecule has 0 radical (unpaired) electrons. The van der Waals surface area contributed by atoms with Crippen LogP contribution in [0.3, 0.4) is 0 Å². The second kappa shape index (κ2) is 50.7. The first-order valence-electron chi connectivity index (χ1n) is 42.9. The fourth-order valence-corrected chi connectivity index (χ4v) is 14.9. The summed E-state index contributed by atoms with van der Waals surface area (Å²) in [5.74, 6) is -12.2. The van der Waals surface area contributed by atoms with Gasteiger partial charge in [-0.2, -0.15) is 0 Å². The van der Waals surface area contributed by atoms with Gasteiger partial charge in [0.25, 0.3) is 5.91 Å². The number of ether oxygens (including phenoxy) is 3. The SMILES string of the molecule is CC(C)C[C@@H]1NC(=O)[C@@H](CCCN)NC(=O)[C@H](C(C)C)NC(=O)[C@H]2CCCN2C(=O)[C@@H](Cc2ccccc2)NC(=O)[C@@H](CC(C)C)NC(=O)[C@H](CCCN)NC(=O)[C@@H](C(C)C)NC(=O)[C@H](CCCN)NC(=O)[C@@H](CC(C)C)NC(=O)[C@@H]2O[C@H](CNC(=O)[C@H](C(C)C)NC(=O)[C@H](CCCN)NC1=O)[C@@H](OCc1ccccc1)[C@@H]2OCc1ccccc1. The Morgan fingerprint density at radius 2 is 0.683 bits per heavy atom. The maximum atomic E-state index is 15.3. The van der Waals surface area contributed by atoms with Crippen molar-refractivity contribution < 1.29 is 76.5 Å². The quantitative estimate of drug-likeness (QED) is 0.0470. The highest BCUT2D eigenvalue weighted by Gasteiger charge is 2.51. The van der Waals surface area contributed by atoms with E-state index in [1.54, 1.807) is 71.9 Å². The predicted octanol–water partition coefficient (Wildman–Crippen LogP) is 1.68. The number of benzene rings is 3. The maximum Gasteiger partial charge on any atom is 0.252 e. The number of fused-ring (bicyclic) bond motifs is 3. The zero-order chi connectivity index (χ0) is 88.3. The van der Waals surface area contributed by atoms with Crippen LogP contribution in [0.5, 0.6) is 0 Å². The number of hydrogen-bond acceptors (Lipinski definition) is 20. The Hall–Kier alpha value is -9.51. The lowest BCUT2D eigenvalue weighted by molar-refractivity contribution is -0.143. The van der Waals surface area contributed by atoms with Crippen molar-refractivity contribution in [1.29, 1.82) is 0 Å². The molecule has 33 nitrogen and oxygen atoms in total. The second-order valence-corrected chi connectivity index (χ2v) is 34.0. The second-order valence-electron chi connectivity index (χ2n) is 34.0. The molecule has 33 heteroatoms. The minimum absolute atomic E-state index is 0.00141. The van der Waals surface area contributed by atoms with Crippen LogP contribution in [0.2, 0.25) is 0 Å². The van der Waals surface area contributed by atoms with Crippen LogP contribution < -0.4 is 86.7 Å². The summed E-state index contributed by atoms with van der Waals surface area (Å²) < 4.78 is 20.1. The highest BCUT2D eigenvalue weighted by Crippen LogP contribution is 2.30. The number of nitrogens with zero attached hydrogens (tertiary/aromatic N) is 1. The summed E-state index contributed by atoms with van der Waals surface area (Å²) in [5.41, 5.74) is 26.2. The topological polar surface area (TPSA) is 501 Å². The van der Waals surface area contributed by atoms with Crippen molar-refractivity contribution in [2.45, 2.75) is 283 Å². The average molecular weight is 1680 g/mol. The normalized spacial score (nSPS) is 26.6. The lowest BCUT2D eigenvalue weighted by Gasteiger charge is -2.32. The van der Waals surface area contributed by atoms with Gasteiger partial charge in [-0.05, 0) is 162 Å². The Balaban J connectivity index is 1.44. The van der Waals surface area contributed by atoms with Crippen molar-refractivity contribution in [3.63, 3.8) is 0 Å². The third kappa shape index (κ3) is 31.5. The van der Waals surface area contributed by atoms with E-state index in [2.05, 4.69) is 63.8 Å². The molecule has 6 rings (SSSR count). The summed E-state index contributed by atoms with van der Waals surface area (Å²) in [6, 6.07) is 11.6. The molecular formula is C87H137N17O16. The molecule has 20 N–H and O–H groups in total. The standard InChI is InChI=1S/C87H137N17O16/c1-50(2)43-63-79(109)93-61(35-24-40-90)77(107)101-69(53(7)8)83(113)92-47-68-72(118-48-57-29-18-14-19-30-57)73(119-49-58-31-20-15-21-32-58)74(120-68)86(116)99-65(45-52(5)6)80(110)94-62(36-25-41-91)78(108)102-70(54(9)10)84(114)95-59(33-22-38-88)76(106)98-64(44-51(3)4)81(111)100-66(46-56-27-16-13-17-28-56)87(117)104-42-26-37-67(104)82(112)103-71(55(11)12)85(115)96-60(34-23-39-89)75(105)97-63/h13-21,27-32,50-55,59-74H,22-26,33-49,88-91H2,1-12H3,(H,92,113)(H,93,109)(H,94,110)(H,95,114)(H,96,115)(H,97,105)(H,98,106)(H,99,116)(H,100,111)(H,101,107)(H,102,108)(H,103,112)/t59-,60+,61-,62-,63-,64+,65+,66+,67+,68+,69-,70+,71-,72+,73-,74+/m0/s1. The molecule has 13 amide bonds. The molecule has 3 fully saturated rings. The molecule has 0 spiro atoms. The molecule has 3 heterocycles. The third-order valence-corrected chi connectivity index (χ3v) is 21.4. The van der Waals surface area contributed by atoms with Crippen LogP contribution in [0, 0.1) is 35.5 Å². The van der Waals surface area contributed by atoms with E-state index < -0.39 is 191 Å². The van der Waals surface area contributed by atoms with Crippen molar-refractivity contribution in [2.75, 3.05) is 39.3 Å². The Morgan fingerprint density at radius 3 is 1.06 bits per heavy atom. The van der Waals surface area contributed by atoms with Gasteiger partial charge in [-0.1, -0.05) is 174 Å². The molecule has 0 aromatic heterocycles. The molecule has 0 unspecified atom stereocenters. The number of amides is 13. The molecule has 3 aromatic rings. The van der Waals surface area contributed by atoms with E-state index in [9.17, 15) is 47.9 Å². The van der Waals surface area contributed by atoms with Gasteiger partial charge in [-0.25, -0.2) is 0 Å². The number of nitrogens with two attached hydrogens (primary N) is 4. The van der Waals surface area contributed by atoms with E-state index in [1.165, 1.54) is 4.90 Å². The highest BCUT2D eigenvalue weighted by molar-refractivity contribution is 6.00. The van der Waals surface area contributed by atoms with Crippen molar-refractivity contribution in [3.05, 3.63) is 108 Å². The van der Waals surface area contributed by atoms with Crippen LogP contribution in [0.1, 0.15) is 183 Å². The summed E-state index contributed by atoms with van der Waals surface area (Å²) in [6.07, 6.45) is -3.50. The first-order valence-corrected chi connectivity index (χ1v) is 42.9. The molecule has 2 bridgehead atoms. The molecule has 3 aliphatic rings. The summed E-state index contributed by atoms with van der Waals surface area (Å²) in [6.45, 7) is 21.2. The number of carbonyl (C=O) groups is 13. The Kier molecular flexibility index (Phi) is 41.9. The van der Waals surface area contributed by atoms with Crippen LogP contribution in [-0.4, -0.2) is 218 Å². The molecule has 3 saturated heterocycles. The minimum atomic E-state index is -1.53. The molecule has 0 aliphatic carbocycles. The Bertz CT molecular complexity index is 3780. The van der Waals surface area contributed by atoms with E-state index in [0.717, 1.165) is 11.1 Å². The first kappa shape index (κ1) is 99.3. The van der Waals surface area contributed by atoms with E-state index >= 15 is 14.4 Å². The van der Waals surface area contributed by atoms with Gasteiger partial charge in [0.2, 0.25) is 70.9 Å². The van der Waals surface area contributed by atoms with Crippen LogP contribution in [0.25, 0.3) is 0 Å². The number of carbonyl (C=O) groups excluding carboxylic acids is 13. The molecule has 120 heavy (non-hydrogen) atoms. The zero-order valence-corrected chi connectivity index (χ0v) is 72.2. The summed E-state index contributed by atoms with van der Waals surface area (Å²) in [7, 11) is 0. The highest BCUT2D eigenvalue weighted by atomic mass is 16.6. The predicted molar refractivity (Wildman–Crippen MR) is 454 cm³/mol. The fraction of sp³-hybridized carbons (Fsp3) is 0.644. The Morgan fingerprint density at radius 1 is 0.367 bits per heavy atom. The van der Waals surface area contributed by atoms with Crippen LogP contribution >= 0.6 is 0 Å². The molecule has 3 aromatic carbocycles. The maximum absolute atomic E-state index is 15.3. The number of rotatable bonds is 29. The van der Waals surface area contributed by atoms with Crippen molar-refractivity contribution in [3.8, 4) is 0 Å². The van der Waals surface area contributed by atoms with E-state index in [0.29, 0.717) is 12.0 Å². The van der Waals surface area contributed by atoms with Gasteiger partial charge in [0.15, 0.2) is 6.10 Å². The fourth-order valence-electron chi connectivity index (χ4n) is 14.9. The lowest BCUT2D eigenvalue weighted by atomic mass is 9.99. The van der Waals surface area contributed by atoms with E-state index in [1.807, 2.05) is 102 Å². The van der Waals surface area contributed by atoms with Crippen molar-refractivity contribution in [2.24, 2.45) is 58.4 Å². The zero-order valence-electron chi connectivity index (χ0n) is 72.2. The number of nitrogens with one attached hydrogen (secondary N) is 12. The first-order chi connectivity index (χ1) is 57.2. The Labute approximate surface area is 707 Å². The molecule has 666 valence electrons. The van der Waals surface area contributed by atoms with Crippen LogP contribution in [0.15, 0.2) is 91.0 Å². The molecule has 0 saturated carbocycles.